The molecule has 2 aliphatic rings. The molecule has 0 bridgehead atoms. The monoisotopic (exact) mass is 176 g/mol. The van der Waals surface area contributed by atoms with Gasteiger partial charge in [0.25, 0.3) is 10.2 Å². The highest BCUT2D eigenvalue weighted by Crippen LogP contribution is 2.29. The molecule has 1 aliphatic carbocycles. The van der Waals surface area contributed by atoms with Crippen molar-refractivity contribution in [2.24, 2.45) is 0 Å². The van der Waals surface area contributed by atoms with E-state index in [9.17, 15) is 8.42 Å². The predicted octanol–water partition coefficient (Wildman–Crippen LogP) is -0.311. The number of hydrogen-bond donors (Lipinski definition) is 1. The van der Waals surface area contributed by atoms with E-state index in [0.717, 1.165) is 19.3 Å². The van der Waals surface area contributed by atoms with Gasteiger partial charge in [-0.2, -0.15) is 12.7 Å². The highest BCUT2D eigenvalue weighted by atomic mass is 32.2. The zero-order valence-corrected chi connectivity index (χ0v) is 7.10. The lowest BCUT2D eigenvalue weighted by Gasteiger charge is -2.26. The summed E-state index contributed by atoms with van der Waals surface area (Å²) in [7, 11) is -3.08. The first kappa shape index (κ1) is 7.52. The Morgan fingerprint density at radius 1 is 1.36 bits per heavy atom. The molecule has 1 saturated heterocycles. The van der Waals surface area contributed by atoms with E-state index in [1.807, 2.05) is 0 Å². The fraction of sp³-hybridized carbons (Fsp3) is 1.00. The van der Waals surface area contributed by atoms with Crippen LogP contribution in [0.25, 0.3) is 0 Å². The van der Waals surface area contributed by atoms with Crippen LogP contribution in [0.4, 0.5) is 0 Å². The van der Waals surface area contributed by atoms with Gasteiger partial charge in [-0.05, 0) is 19.3 Å². The maximum Gasteiger partial charge on any atom is 0.279 e. The molecule has 0 amide bonds. The molecular formula is C6H12N2O2S. The van der Waals surface area contributed by atoms with Crippen LogP contribution in [0.3, 0.4) is 0 Å². The Hall–Kier alpha value is -0.130. The van der Waals surface area contributed by atoms with Crippen LogP contribution in [0, 0.1) is 0 Å². The molecule has 0 radical (unpaired) electrons. The fourth-order valence-corrected chi connectivity index (χ4v) is 2.92. The second-order valence-corrected chi connectivity index (χ2v) is 4.80. The lowest BCUT2D eigenvalue weighted by atomic mass is 10.4. The molecule has 0 unspecified atom stereocenters. The third kappa shape index (κ3) is 1.40. The van der Waals surface area contributed by atoms with Crippen LogP contribution in [-0.2, 0) is 10.2 Å². The summed E-state index contributed by atoms with van der Waals surface area (Å²) in [6.45, 7) is 1.31. The number of nitrogens with one attached hydrogen (secondary N) is 1. The van der Waals surface area contributed by atoms with Crippen molar-refractivity contribution in [3.8, 4) is 0 Å². The van der Waals surface area contributed by atoms with E-state index in [4.69, 9.17) is 0 Å². The van der Waals surface area contributed by atoms with Gasteiger partial charge < -0.3 is 0 Å². The van der Waals surface area contributed by atoms with Crippen molar-refractivity contribution in [2.75, 3.05) is 13.1 Å². The van der Waals surface area contributed by atoms with Crippen molar-refractivity contribution in [2.45, 2.75) is 25.3 Å². The van der Waals surface area contributed by atoms with Crippen molar-refractivity contribution in [3.05, 3.63) is 0 Å². The molecule has 1 heterocycles. The predicted molar refractivity (Wildman–Crippen MR) is 41.3 cm³/mol. The summed E-state index contributed by atoms with van der Waals surface area (Å²) >= 11 is 0. The Bertz CT molecular complexity index is 245. The summed E-state index contributed by atoms with van der Waals surface area (Å²) in [4.78, 5) is 0. The quantitative estimate of drug-likeness (QED) is 0.595. The highest BCUT2D eigenvalue weighted by molar-refractivity contribution is 7.87. The Morgan fingerprint density at radius 3 is 2.64 bits per heavy atom. The minimum atomic E-state index is -3.08. The summed E-state index contributed by atoms with van der Waals surface area (Å²) in [5.41, 5.74) is 0. The number of nitrogens with zero attached hydrogens (tertiary/aromatic N) is 1. The summed E-state index contributed by atoms with van der Waals surface area (Å²) < 4.78 is 26.7. The van der Waals surface area contributed by atoms with Gasteiger partial charge in [0, 0.05) is 19.1 Å². The summed E-state index contributed by atoms with van der Waals surface area (Å²) in [5.74, 6) is 0. The molecule has 1 saturated carbocycles. The Kier molecular flexibility index (Phi) is 1.66. The van der Waals surface area contributed by atoms with Crippen LogP contribution < -0.4 is 4.72 Å². The molecule has 64 valence electrons. The minimum absolute atomic E-state index is 0.313. The molecule has 2 rings (SSSR count). The molecular weight excluding hydrogens is 164 g/mol. The van der Waals surface area contributed by atoms with E-state index in [1.165, 1.54) is 0 Å². The van der Waals surface area contributed by atoms with E-state index in [0.29, 0.717) is 19.1 Å². The van der Waals surface area contributed by atoms with Crippen LogP contribution in [0.5, 0.6) is 0 Å². The maximum absolute atomic E-state index is 11.3. The second-order valence-electron chi connectivity index (χ2n) is 3.09. The summed E-state index contributed by atoms with van der Waals surface area (Å²) in [6, 6.07) is 0.313. The molecule has 0 aromatic rings. The third-order valence-corrected chi connectivity index (χ3v) is 3.77. The van der Waals surface area contributed by atoms with Crippen LogP contribution in [0.15, 0.2) is 0 Å². The van der Waals surface area contributed by atoms with Crippen LogP contribution in [0.1, 0.15) is 19.3 Å². The SMILES string of the molecule is O=S1(=O)NCCCN1C1CC1. The molecule has 0 aromatic carbocycles. The van der Waals surface area contributed by atoms with Crippen molar-refractivity contribution in [3.63, 3.8) is 0 Å². The van der Waals surface area contributed by atoms with Gasteiger partial charge in [-0.1, -0.05) is 0 Å². The van der Waals surface area contributed by atoms with Crippen LogP contribution in [-0.4, -0.2) is 31.9 Å². The van der Waals surface area contributed by atoms with E-state index in [1.54, 1.807) is 4.31 Å². The van der Waals surface area contributed by atoms with E-state index >= 15 is 0 Å². The largest absolute Gasteiger partial charge is 0.279 e. The lowest BCUT2D eigenvalue weighted by Crippen LogP contribution is -2.47. The molecule has 0 aromatic heterocycles. The lowest BCUT2D eigenvalue weighted by molar-refractivity contribution is 0.368. The van der Waals surface area contributed by atoms with E-state index in [-0.39, 0.29) is 0 Å². The average Bonchev–Trinajstić information content (AvgIpc) is 2.69. The first-order valence-electron chi connectivity index (χ1n) is 3.96. The fourth-order valence-electron chi connectivity index (χ4n) is 1.38. The molecule has 4 nitrogen and oxygen atoms in total. The minimum Gasteiger partial charge on any atom is -0.202 e. The van der Waals surface area contributed by atoms with E-state index < -0.39 is 10.2 Å². The van der Waals surface area contributed by atoms with Gasteiger partial charge in [-0.15, -0.1) is 0 Å². The van der Waals surface area contributed by atoms with Crippen molar-refractivity contribution in [1.29, 1.82) is 0 Å². The first-order chi connectivity index (χ1) is 5.20. The normalized spacial score (nSPS) is 32.0. The van der Waals surface area contributed by atoms with Crippen molar-refractivity contribution >= 4 is 10.2 Å². The van der Waals surface area contributed by atoms with Gasteiger partial charge in [0.1, 0.15) is 0 Å². The molecule has 0 spiro atoms. The highest BCUT2D eigenvalue weighted by Gasteiger charge is 2.38. The topological polar surface area (TPSA) is 49.4 Å². The average molecular weight is 176 g/mol. The second kappa shape index (κ2) is 2.43. The Morgan fingerprint density at radius 2 is 2.09 bits per heavy atom. The van der Waals surface area contributed by atoms with Crippen molar-refractivity contribution in [1.82, 2.24) is 9.03 Å². The molecule has 11 heavy (non-hydrogen) atoms. The van der Waals surface area contributed by atoms with Gasteiger partial charge in [0.05, 0.1) is 0 Å². The Labute approximate surface area is 66.8 Å². The Balaban J connectivity index is 2.15. The third-order valence-electron chi connectivity index (χ3n) is 2.10. The van der Waals surface area contributed by atoms with Gasteiger partial charge in [-0.3, -0.25) is 0 Å². The van der Waals surface area contributed by atoms with Crippen molar-refractivity contribution < 1.29 is 8.42 Å². The van der Waals surface area contributed by atoms with Gasteiger partial charge in [-0.25, -0.2) is 4.72 Å². The molecule has 1 aliphatic heterocycles. The molecule has 5 heteroatoms. The van der Waals surface area contributed by atoms with Crippen LogP contribution >= 0.6 is 0 Å². The standard InChI is InChI=1S/C6H12N2O2S/c9-11(10)7-4-1-5-8(11)6-2-3-6/h6-7H,1-5H2. The summed E-state index contributed by atoms with van der Waals surface area (Å²) in [6.07, 6.45) is 3.03. The first-order valence-corrected chi connectivity index (χ1v) is 5.40. The smallest absolute Gasteiger partial charge is 0.202 e. The molecule has 0 atom stereocenters. The summed E-state index contributed by atoms with van der Waals surface area (Å²) in [5, 5.41) is 0. The molecule has 2 fully saturated rings. The zero-order chi connectivity index (χ0) is 7.90. The van der Waals surface area contributed by atoms with Gasteiger partial charge >= 0.3 is 0 Å². The maximum atomic E-state index is 11.3. The van der Waals surface area contributed by atoms with E-state index in [2.05, 4.69) is 4.72 Å². The van der Waals surface area contributed by atoms with Gasteiger partial charge in [0.2, 0.25) is 0 Å². The molecule has 1 N–H and O–H groups in total. The number of rotatable bonds is 1. The van der Waals surface area contributed by atoms with Gasteiger partial charge in [0.15, 0.2) is 0 Å². The van der Waals surface area contributed by atoms with Crippen LogP contribution in [0.2, 0.25) is 0 Å². The number of hydrogen-bond acceptors (Lipinski definition) is 2. The zero-order valence-electron chi connectivity index (χ0n) is 6.28.